The van der Waals surface area contributed by atoms with Crippen molar-refractivity contribution in [3.63, 3.8) is 0 Å². The molecule has 2 aromatic rings. The number of nitrogens with one attached hydrogen (secondary N) is 1. The first kappa shape index (κ1) is 18.0. The number of amides is 1. The first-order chi connectivity index (χ1) is 12.5. The number of hydrogen-bond donors (Lipinski definition) is 1. The molecule has 1 N–H and O–H groups in total. The summed E-state index contributed by atoms with van der Waals surface area (Å²) in [5, 5.41) is 2.11. The van der Waals surface area contributed by atoms with E-state index in [0.29, 0.717) is 12.8 Å². The van der Waals surface area contributed by atoms with Crippen LogP contribution in [0, 0.1) is 11.6 Å². The highest BCUT2D eigenvalue weighted by atomic mass is 19.1. The number of para-hydroxylation sites is 1. The molecule has 0 spiro atoms. The van der Waals surface area contributed by atoms with Crippen molar-refractivity contribution in [2.24, 2.45) is 0 Å². The van der Waals surface area contributed by atoms with Crippen molar-refractivity contribution in [1.29, 1.82) is 0 Å². The van der Waals surface area contributed by atoms with Gasteiger partial charge >= 0.3 is 5.97 Å². The quantitative estimate of drug-likeness (QED) is 0.822. The van der Waals surface area contributed by atoms with E-state index in [2.05, 4.69) is 5.32 Å². The van der Waals surface area contributed by atoms with Gasteiger partial charge in [-0.2, -0.15) is 0 Å². The van der Waals surface area contributed by atoms with Crippen LogP contribution in [0.15, 0.2) is 48.5 Å². The summed E-state index contributed by atoms with van der Waals surface area (Å²) in [7, 11) is 0. The fourth-order valence-corrected chi connectivity index (χ4v) is 3.41. The van der Waals surface area contributed by atoms with Crippen LogP contribution in [0.1, 0.15) is 31.2 Å². The van der Waals surface area contributed by atoms with Gasteiger partial charge in [0.15, 0.2) is 6.61 Å². The van der Waals surface area contributed by atoms with Crippen LogP contribution in [-0.2, 0) is 19.7 Å². The monoisotopic (exact) mass is 359 g/mol. The zero-order chi connectivity index (χ0) is 18.6. The first-order valence-corrected chi connectivity index (χ1v) is 8.49. The minimum Gasteiger partial charge on any atom is -0.455 e. The van der Waals surface area contributed by atoms with Crippen molar-refractivity contribution >= 4 is 17.6 Å². The largest absolute Gasteiger partial charge is 0.455 e. The molecule has 1 aliphatic carbocycles. The smallest absolute Gasteiger partial charge is 0.317 e. The van der Waals surface area contributed by atoms with Gasteiger partial charge in [-0.05, 0) is 30.5 Å². The zero-order valence-electron chi connectivity index (χ0n) is 14.1. The molecule has 6 heteroatoms. The minimum atomic E-state index is -0.888. The standard InChI is InChI=1S/C20H19F2NO3/c21-15-9-6-10-16(22)18(15)23-17(24)13-26-19(25)20(11-4-5-12-20)14-7-2-1-3-8-14/h1-3,6-10H,4-5,11-13H2,(H,23,24). The molecule has 1 fully saturated rings. The van der Waals surface area contributed by atoms with E-state index < -0.39 is 41.2 Å². The molecule has 0 heterocycles. The maximum Gasteiger partial charge on any atom is 0.317 e. The maximum absolute atomic E-state index is 13.6. The first-order valence-electron chi connectivity index (χ1n) is 8.49. The van der Waals surface area contributed by atoms with Crippen LogP contribution in [0.25, 0.3) is 0 Å². The lowest BCUT2D eigenvalue weighted by atomic mass is 9.79. The Bertz CT molecular complexity index is 782. The normalized spacial score (nSPS) is 15.5. The van der Waals surface area contributed by atoms with Crippen LogP contribution in [0.3, 0.4) is 0 Å². The second kappa shape index (κ2) is 7.64. The fraction of sp³-hybridized carbons (Fsp3) is 0.300. The predicted octanol–water partition coefficient (Wildman–Crippen LogP) is 3.96. The summed E-state index contributed by atoms with van der Waals surface area (Å²) < 4.78 is 32.4. The lowest BCUT2D eigenvalue weighted by molar-refractivity contribution is -0.153. The molecule has 3 rings (SSSR count). The van der Waals surface area contributed by atoms with E-state index in [4.69, 9.17) is 4.74 Å². The topological polar surface area (TPSA) is 55.4 Å². The molecule has 0 unspecified atom stereocenters. The molecule has 1 amide bonds. The average Bonchev–Trinajstić information content (AvgIpc) is 3.15. The Kier molecular flexibility index (Phi) is 5.30. The van der Waals surface area contributed by atoms with Crippen molar-refractivity contribution in [1.82, 2.24) is 0 Å². The molecule has 136 valence electrons. The van der Waals surface area contributed by atoms with Crippen molar-refractivity contribution in [2.75, 3.05) is 11.9 Å². The third-order valence-electron chi connectivity index (χ3n) is 4.74. The molecule has 4 nitrogen and oxygen atoms in total. The van der Waals surface area contributed by atoms with E-state index in [1.165, 1.54) is 6.07 Å². The summed E-state index contributed by atoms with van der Waals surface area (Å²) >= 11 is 0. The van der Waals surface area contributed by atoms with Crippen LogP contribution < -0.4 is 5.32 Å². The molecule has 0 atom stereocenters. The Morgan fingerprint density at radius 1 is 0.962 bits per heavy atom. The van der Waals surface area contributed by atoms with Crippen LogP contribution in [0.4, 0.5) is 14.5 Å². The predicted molar refractivity (Wildman–Crippen MR) is 92.5 cm³/mol. The van der Waals surface area contributed by atoms with Crippen LogP contribution in [0.5, 0.6) is 0 Å². The molecule has 0 saturated heterocycles. The molecule has 1 aliphatic rings. The number of benzene rings is 2. The van der Waals surface area contributed by atoms with Gasteiger partial charge in [0.05, 0.1) is 5.41 Å². The number of anilines is 1. The van der Waals surface area contributed by atoms with Gasteiger partial charge in [-0.1, -0.05) is 49.2 Å². The van der Waals surface area contributed by atoms with Gasteiger partial charge in [-0.15, -0.1) is 0 Å². The highest BCUT2D eigenvalue weighted by Gasteiger charge is 2.44. The highest BCUT2D eigenvalue weighted by Crippen LogP contribution is 2.42. The molecule has 1 saturated carbocycles. The molecular formula is C20H19F2NO3. The molecule has 0 aliphatic heterocycles. The molecule has 0 aromatic heterocycles. The lowest BCUT2D eigenvalue weighted by Crippen LogP contribution is -2.36. The number of halogens is 2. The van der Waals surface area contributed by atoms with Crippen molar-refractivity contribution in [3.05, 3.63) is 65.7 Å². The number of carbonyl (C=O) groups excluding carboxylic acids is 2. The van der Waals surface area contributed by atoms with E-state index in [0.717, 1.165) is 30.5 Å². The Labute approximate surface area is 150 Å². The minimum absolute atomic E-state index is 0.481. The van der Waals surface area contributed by atoms with Gasteiger partial charge in [-0.3, -0.25) is 9.59 Å². The molecule has 2 aromatic carbocycles. The molecule has 26 heavy (non-hydrogen) atoms. The van der Waals surface area contributed by atoms with Gasteiger partial charge in [0.25, 0.3) is 5.91 Å². The van der Waals surface area contributed by atoms with E-state index in [9.17, 15) is 18.4 Å². The molecule has 0 bridgehead atoms. The number of hydrogen-bond acceptors (Lipinski definition) is 3. The van der Waals surface area contributed by atoms with Crippen LogP contribution in [0.2, 0.25) is 0 Å². The summed E-state index contributed by atoms with van der Waals surface area (Å²) in [6.45, 7) is -0.596. The maximum atomic E-state index is 13.6. The number of carbonyl (C=O) groups is 2. The Hall–Kier alpha value is -2.76. The van der Waals surface area contributed by atoms with Gasteiger partial charge in [-0.25, -0.2) is 8.78 Å². The van der Waals surface area contributed by atoms with Crippen LogP contribution in [-0.4, -0.2) is 18.5 Å². The SMILES string of the molecule is O=C(COC(=O)C1(c2ccccc2)CCCC1)Nc1c(F)cccc1F. The Morgan fingerprint density at radius 2 is 1.58 bits per heavy atom. The number of ether oxygens (including phenoxy) is 1. The van der Waals surface area contributed by atoms with Crippen molar-refractivity contribution in [2.45, 2.75) is 31.1 Å². The number of esters is 1. The summed E-state index contributed by atoms with van der Waals surface area (Å²) in [5.41, 5.74) is -0.444. The third kappa shape index (κ3) is 3.59. The summed E-state index contributed by atoms with van der Waals surface area (Å²) in [6, 6.07) is 12.6. The van der Waals surface area contributed by atoms with Gasteiger partial charge in [0, 0.05) is 0 Å². The second-order valence-corrected chi connectivity index (χ2v) is 6.38. The van der Waals surface area contributed by atoms with Gasteiger partial charge in [0.2, 0.25) is 0 Å². The van der Waals surface area contributed by atoms with E-state index in [1.807, 2.05) is 30.3 Å². The van der Waals surface area contributed by atoms with Crippen molar-refractivity contribution in [3.8, 4) is 0 Å². The summed E-state index contributed by atoms with van der Waals surface area (Å²) in [4.78, 5) is 24.7. The average molecular weight is 359 g/mol. The van der Waals surface area contributed by atoms with E-state index in [1.54, 1.807) is 0 Å². The van der Waals surface area contributed by atoms with E-state index in [-0.39, 0.29) is 0 Å². The summed E-state index contributed by atoms with van der Waals surface area (Å²) in [5.74, 6) is -3.05. The second-order valence-electron chi connectivity index (χ2n) is 6.38. The van der Waals surface area contributed by atoms with E-state index >= 15 is 0 Å². The molecule has 0 radical (unpaired) electrons. The molecular weight excluding hydrogens is 340 g/mol. The zero-order valence-corrected chi connectivity index (χ0v) is 14.1. The lowest BCUT2D eigenvalue weighted by Gasteiger charge is -2.27. The summed E-state index contributed by atoms with van der Waals surface area (Å²) in [6.07, 6.45) is 3.10. The number of rotatable bonds is 5. The fourth-order valence-electron chi connectivity index (χ4n) is 3.41. The van der Waals surface area contributed by atoms with Gasteiger partial charge in [0.1, 0.15) is 17.3 Å². The Balaban J connectivity index is 1.67. The van der Waals surface area contributed by atoms with Crippen LogP contribution >= 0.6 is 0 Å². The Morgan fingerprint density at radius 3 is 2.19 bits per heavy atom. The van der Waals surface area contributed by atoms with Crippen molar-refractivity contribution < 1.29 is 23.1 Å². The third-order valence-corrected chi connectivity index (χ3v) is 4.74. The highest BCUT2D eigenvalue weighted by molar-refractivity contribution is 5.94. The van der Waals surface area contributed by atoms with Gasteiger partial charge < -0.3 is 10.1 Å².